The Morgan fingerprint density at radius 2 is 2.14 bits per heavy atom. The molecule has 0 aliphatic heterocycles. The van der Waals surface area contributed by atoms with Gasteiger partial charge in [0.1, 0.15) is 0 Å². The number of hydrogen-bond acceptors (Lipinski definition) is 2. The Balaban J connectivity index is 2.36. The quantitative estimate of drug-likeness (QED) is 0.630. The molecule has 5 heteroatoms. The molecule has 0 aromatic carbocycles. The molecule has 0 saturated carbocycles. The van der Waals surface area contributed by atoms with Gasteiger partial charge >= 0.3 is 0 Å². The van der Waals surface area contributed by atoms with Crippen molar-refractivity contribution in [1.82, 2.24) is 0 Å². The van der Waals surface area contributed by atoms with Crippen molar-refractivity contribution >= 4 is 61.8 Å². The normalized spacial score (nSPS) is 13.1. The van der Waals surface area contributed by atoms with Gasteiger partial charge in [0.25, 0.3) is 0 Å². The van der Waals surface area contributed by atoms with Crippen molar-refractivity contribution in [2.75, 3.05) is 0 Å². The van der Waals surface area contributed by atoms with Crippen LogP contribution in [0.5, 0.6) is 0 Å². The average Bonchev–Trinajstić information content (AvgIpc) is 2.73. The van der Waals surface area contributed by atoms with Crippen LogP contribution in [0.25, 0.3) is 0 Å². The first-order valence-corrected chi connectivity index (χ1v) is 7.22. The number of halogens is 3. The highest BCUT2D eigenvalue weighted by atomic mass is 79.9. The predicted molar refractivity (Wildman–Crippen MR) is 69.4 cm³/mol. The van der Waals surface area contributed by atoms with Crippen LogP contribution in [0.4, 0.5) is 0 Å². The Labute approximate surface area is 109 Å². The van der Waals surface area contributed by atoms with E-state index < -0.39 is 0 Å². The van der Waals surface area contributed by atoms with E-state index in [4.69, 9.17) is 23.2 Å². The Hall–Kier alpha value is 0.460. The van der Waals surface area contributed by atoms with Crippen molar-refractivity contribution < 1.29 is 0 Å². The van der Waals surface area contributed by atoms with Crippen molar-refractivity contribution in [3.63, 3.8) is 0 Å². The standard InChI is InChI=1S/C9H5BrCl2S2/c10-8(5-1-2-13-4-5)6-3-7(11)14-9(6)12/h1-4,8H. The molecule has 0 spiro atoms. The van der Waals surface area contributed by atoms with Gasteiger partial charge in [0.2, 0.25) is 0 Å². The first kappa shape index (κ1) is 11.0. The van der Waals surface area contributed by atoms with Crippen LogP contribution < -0.4 is 0 Å². The first-order valence-electron chi connectivity index (χ1n) is 3.79. The molecule has 2 aromatic heterocycles. The average molecular weight is 328 g/mol. The van der Waals surface area contributed by atoms with Gasteiger partial charge in [0, 0.05) is 5.56 Å². The van der Waals surface area contributed by atoms with Crippen molar-refractivity contribution in [2.45, 2.75) is 4.83 Å². The maximum Gasteiger partial charge on any atom is 0.0990 e. The molecule has 0 saturated heterocycles. The highest BCUT2D eigenvalue weighted by Gasteiger charge is 2.16. The summed E-state index contributed by atoms with van der Waals surface area (Å²) in [6.45, 7) is 0. The van der Waals surface area contributed by atoms with Gasteiger partial charge in [0.05, 0.1) is 13.5 Å². The van der Waals surface area contributed by atoms with E-state index in [1.54, 1.807) is 11.3 Å². The number of alkyl halides is 1. The van der Waals surface area contributed by atoms with Gasteiger partial charge in [-0.15, -0.1) is 11.3 Å². The van der Waals surface area contributed by atoms with Crippen LogP contribution >= 0.6 is 61.8 Å². The third-order valence-corrected chi connectivity index (χ3v) is 5.03. The summed E-state index contributed by atoms with van der Waals surface area (Å²) in [6, 6.07) is 3.98. The van der Waals surface area contributed by atoms with E-state index >= 15 is 0 Å². The first-order chi connectivity index (χ1) is 6.68. The van der Waals surface area contributed by atoms with Crippen LogP contribution in [0, 0.1) is 0 Å². The van der Waals surface area contributed by atoms with Gasteiger partial charge in [-0.05, 0) is 28.5 Å². The van der Waals surface area contributed by atoms with E-state index in [-0.39, 0.29) is 4.83 Å². The third kappa shape index (κ3) is 2.17. The van der Waals surface area contributed by atoms with Crippen molar-refractivity contribution in [3.05, 3.63) is 42.7 Å². The Bertz CT molecular complexity index is 422. The zero-order valence-corrected chi connectivity index (χ0v) is 11.6. The number of hydrogen-bond donors (Lipinski definition) is 0. The number of rotatable bonds is 2. The predicted octanol–water partition coefficient (Wildman–Crippen LogP) is 5.60. The molecular weight excluding hydrogens is 323 g/mol. The van der Waals surface area contributed by atoms with Crippen LogP contribution in [0.1, 0.15) is 16.0 Å². The van der Waals surface area contributed by atoms with E-state index in [1.807, 2.05) is 11.4 Å². The largest absolute Gasteiger partial charge is 0.152 e. The van der Waals surface area contributed by atoms with Crippen LogP contribution in [-0.4, -0.2) is 0 Å². The zero-order chi connectivity index (χ0) is 10.1. The molecule has 0 amide bonds. The lowest BCUT2D eigenvalue weighted by Gasteiger charge is -2.05. The molecule has 0 radical (unpaired) electrons. The highest BCUT2D eigenvalue weighted by Crippen LogP contribution is 2.41. The van der Waals surface area contributed by atoms with Gasteiger partial charge in [-0.3, -0.25) is 0 Å². The van der Waals surface area contributed by atoms with Gasteiger partial charge in [-0.1, -0.05) is 39.1 Å². The molecule has 1 atom stereocenters. The number of thiophene rings is 2. The fourth-order valence-electron chi connectivity index (χ4n) is 1.12. The molecule has 1 unspecified atom stereocenters. The summed E-state index contributed by atoms with van der Waals surface area (Å²) in [5.74, 6) is 0. The smallest absolute Gasteiger partial charge is 0.0990 e. The molecule has 2 aromatic rings. The minimum absolute atomic E-state index is 0.144. The molecule has 0 aliphatic carbocycles. The fourth-order valence-corrected chi connectivity index (χ4v) is 4.45. The van der Waals surface area contributed by atoms with Crippen LogP contribution in [0.3, 0.4) is 0 Å². The SMILES string of the molecule is Clc1cc(C(Br)c2ccsc2)c(Cl)s1. The molecular formula is C9H5BrCl2S2. The Kier molecular flexibility index (Phi) is 3.55. The van der Waals surface area contributed by atoms with E-state index in [0.29, 0.717) is 0 Å². The molecule has 0 bridgehead atoms. The van der Waals surface area contributed by atoms with Gasteiger partial charge in [0.15, 0.2) is 0 Å². The second-order valence-electron chi connectivity index (χ2n) is 2.70. The molecule has 2 heterocycles. The molecule has 2 rings (SSSR count). The summed E-state index contributed by atoms with van der Waals surface area (Å²) in [7, 11) is 0. The van der Waals surface area contributed by atoms with Crippen molar-refractivity contribution in [2.24, 2.45) is 0 Å². The minimum Gasteiger partial charge on any atom is -0.152 e. The summed E-state index contributed by atoms with van der Waals surface area (Å²) < 4.78 is 1.48. The monoisotopic (exact) mass is 326 g/mol. The van der Waals surface area contributed by atoms with Crippen LogP contribution in [0.2, 0.25) is 8.67 Å². The Morgan fingerprint density at radius 1 is 1.36 bits per heavy atom. The van der Waals surface area contributed by atoms with E-state index in [1.165, 1.54) is 16.9 Å². The fraction of sp³-hybridized carbons (Fsp3) is 0.111. The molecule has 0 aliphatic rings. The topological polar surface area (TPSA) is 0 Å². The lowest BCUT2D eigenvalue weighted by atomic mass is 10.1. The maximum atomic E-state index is 6.06. The zero-order valence-electron chi connectivity index (χ0n) is 6.84. The van der Waals surface area contributed by atoms with Crippen molar-refractivity contribution in [1.29, 1.82) is 0 Å². The highest BCUT2D eigenvalue weighted by molar-refractivity contribution is 9.09. The molecule has 0 fully saturated rings. The van der Waals surface area contributed by atoms with Gasteiger partial charge < -0.3 is 0 Å². The lowest BCUT2D eigenvalue weighted by molar-refractivity contribution is 1.21. The van der Waals surface area contributed by atoms with E-state index in [9.17, 15) is 0 Å². The summed E-state index contributed by atoms with van der Waals surface area (Å²) in [5.41, 5.74) is 2.26. The molecule has 74 valence electrons. The van der Waals surface area contributed by atoms with Gasteiger partial charge in [-0.25, -0.2) is 0 Å². The van der Waals surface area contributed by atoms with Crippen LogP contribution in [0.15, 0.2) is 22.9 Å². The van der Waals surface area contributed by atoms with Gasteiger partial charge in [-0.2, -0.15) is 11.3 Å². The van der Waals surface area contributed by atoms with Crippen LogP contribution in [-0.2, 0) is 0 Å². The second-order valence-corrected chi connectivity index (χ2v) is 6.68. The van der Waals surface area contributed by atoms with E-state index in [0.717, 1.165) is 14.2 Å². The maximum absolute atomic E-state index is 6.06. The Morgan fingerprint density at radius 3 is 2.64 bits per heavy atom. The minimum atomic E-state index is 0.144. The second kappa shape index (κ2) is 4.54. The molecule has 0 nitrogen and oxygen atoms in total. The van der Waals surface area contributed by atoms with Crippen molar-refractivity contribution in [3.8, 4) is 0 Å². The summed E-state index contributed by atoms with van der Waals surface area (Å²) in [6.07, 6.45) is 0. The summed E-state index contributed by atoms with van der Waals surface area (Å²) >= 11 is 18.6. The molecule has 14 heavy (non-hydrogen) atoms. The summed E-state index contributed by atoms with van der Waals surface area (Å²) in [4.78, 5) is 0.144. The van der Waals surface area contributed by atoms with E-state index in [2.05, 4.69) is 27.4 Å². The molecule has 0 N–H and O–H groups in total. The summed E-state index contributed by atoms with van der Waals surface area (Å²) in [5, 5.41) is 4.15. The third-order valence-electron chi connectivity index (χ3n) is 1.79. The lowest BCUT2D eigenvalue weighted by Crippen LogP contribution is -1.87.